The molecule has 1 fully saturated rings. The quantitative estimate of drug-likeness (QED) is 0.425. The summed E-state index contributed by atoms with van der Waals surface area (Å²) in [6.45, 7) is 1.79. The number of amides is 1. The van der Waals surface area contributed by atoms with Gasteiger partial charge in [0.25, 0.3) is 0 Å². The van der Waals surface area contributed by atoms with Gasteiger partial charge in [-0.2, -0.15) is 4.31 Å². The minimum Gasteiger partial charge on any atom is -0.493 e. The largest absolute Gasteiger partial charge is 0.493 e. The molecule has 1 aliphatic rings. The summed E-state index contributed by atoms with van der Waals surface area (Å²) in [6, 6.07) is 10.5. The number of nitrogens with one attached hydrogen (secondary N) is 1. The number of benzene rings is 1. The summed E-state index contributed by atoms with van der Waals surface area (Å²) in [5.74, 6) is 1.29. The van der Waals surface area contributed by atoms with Crippen LogP contribution >= 0.6 is 11.8 Å². The second-order valence-corrected chi connectivity index (χ2v) is 9.87. The van der Waals surface area contributed by atoms with E-state index in [0.29, 0.717) is 42.8 Å². The van der Waals surface area contributed by atoms with Crippen LogP contribution in [-0.4, -0.2) is 62.7 Å². The van der Waals surface area contributed by atoms with Crippen molar-refractivity contribution in [2.45, 2.75) is 29.2 Å². The minimum atomic E-state index is -3.49. The first-order valence-corrected chi connectivity index (χ1v) is 12.5. The average molecular weight is 466 g/mol. The zero-order valence-electron chi connectivity index (χ0n) is 17.5. The van der Waals surface area contributed by atoms with Crippen molar-refractivity contribution >= 4 is 27.7 Å². The first-order valence-electron chi connectivity index (χ1n) is 10.1. The predicted molar refractivity (Wildman–Crippen MR) is 119 cm³/mol. The molecule has 1 amide bonds. The number of thioether (sulfide) groups is 1. The molecule has 168 valence electrons. The second kappa shape index (κ2) is 11.4. The summed E-state index contributed by atoms with van der Waals surface area (Å²) in [7, 11) is -1.92. The van der Waals surface area contributed by atoms with Gasteiger partial charge in [0.2, 0.25) is 15.9 Å². The Hall–Kier alpha value is -2.30. The Balaban J connectivity index is 1.41. The normalized spacial score (nSPS) is 14.7. The molecule has 0 spiro atoms. The Bertz CT molecular complexity index is 961. The number of hydrogen-bond donors (Lipinski definition) is 1. The first kappa shape index (κ1) is 23.4. The SMILES string of the molecule is COc1ccccc1OCCNC(=O)CSc1ccc(S(=O)(=O)N2CCCCC2)cn1. The number of piperidine rings is 1. The molecule has 0 saturated carbocycles. The molecule has 0 aliphatic carbocycles. The Kier molecular flexibility index (Phi) is 8.56. The van der Waals surface area contributed by atoms with Crippen LogP contribution in [-0.2, 0) is 14.8 Å². The standard InChI is InChI=1S/C21H27N3O5S2/c1-28-18-7-3-4-8-19(18)29-14-11-22-20(25)16-30-21-10-9-17(15-23-21)31(26,27)24-12-5-2-6-13-24/h3-4,7-10,15H,2,5-6,11-14,16H2,1H3,(H,22,25). The van der Waals surface area contributed by atoms with Crippen molar-refractivity contribution in [3.8, 4) is 11.5 Å². The fourth-order valence-corrected chi connectivity index (χ4v) is 5.27. The maximum absolute atomic E-state index is 12.6. The van der Waals surface area contributed by atoms with Crippen molar-refractivity contribution in [3.05, 3.63) is 42.6 Å². The zero-order valence-corrected chi connectivity index (χ0v) is 19.1. The summed E-state index contributed by atoms with van der Waals surface area (Å²) < 4.78 is 37.6. The number of pyridine rings is 1. The van der Waals surface area contributed by atoms with Gasteiger partial charge in [0.1, 0.15) is 11.5 Å². The summed E-state index contributed by atoms with van der Waals surface area (Å²) in [4.78, 5) is 16.4. The molecule has 0 radical (unpaired) electrons. The second-order valence-electron chi connectivity index (χ2n) is 6.93. The molecule has 0 atom stereocenters. The lowest BCUT2D eigenvalue weighted by Crippen LogP contribution is -2.35. The van der Waals surface area contributed by atoms with Crippen LogP contribution in [0.15, 0.2) is 52.5 Å². The highest BCUT2D eigenvalue weighted by Gasteiger charge is 2.26. The van der Waals surface area contributed by atoms with Crippen LogP contribution in [0.3, 0.4) is 0 Å². The van der Waals surface area contributed by atoms with E-state index in [1.807, 2.05) is 12.1 Å². The first-order chi connectivity index (χ1) is 15.0. The Morgan fingerprint density at radius 1 is 1.13 bits per heavy atom. The number of aromatic nitrogens is 1. The number of para-hydroxylation sites is 2. The molecule has 2 heterocycles. The van der Waals surface area contributed by atoms with Gasteiger partial charge in [-0.1, -0.05) is 30.3 Å². The molecule has 0 bridgehead atoms. The summed E-state index contributed by atoms with van der Waals surface area (Å²) in [5, 5.41) is 3.38. The number of methoxy groups -OCH3 is 1. The number of hydrogen-bond acceptors (Lipinski definition) is 7. The van der Waals surface area contributed by atoms with Gasteiger partial charge in [-0.3, -0.25) is 4.79 Å². The lowest BCUT2D eigenvalue weighted by molar-refractivity contribution is -0.118. The molecule has 1 saturated heterocycles. The number of carbonyl (C=O) groups excluding carboxylic acids is 1. The number of carbonyl (C=O) groups is 1. The van der Waals surface area contributed by atoms with Crippen molar-refractivity contribution < 1.29 is 22.7 Å². The average Bonchev–Trinajstić information content (AvgIpc) is 2.81. The van der Waals surface area contributed by atoms with Crippen LogP contribution in [0.25, 0.3) is 0 Å². The molecule has 1 aromatic carbocycles. The molecule has 3 rings (SSSR count). The van der Waals surface area contributed by atoms with Gasteiger partial charge in [-0.25, -0.2) is 13.4 Å². The van der Waals surface area contributed by atoms with Gasteiger partial charge in [-0.05, 0) is 37.1 Å². The molecule has 1 aliphatic heterocycles. The fraction of sp³-hybridized carbons (Fsp3) is 0.429. The van der Waals surface area contributed by atoms with E-state index < -0.39 is 10.0 Å². The van der Waals surface area contributed by atoms with Crippen molar-refractivity contribution in [2.75, 3.05) is 39.1 Å². The highest BCUT2D eigenvalue weighted by atomic mass is 32.2. The van der Waals surface area contributed by atoms with E-state index in [-0.39, 0.29) is 16.6 Å². The number of sulfonamides is 1. The van der Waals surface area contributed by atoms with Crippen molar-refractivity contribution in [3.63, 3.8) is 0 Å². The Labute approximate surface area is 187 Å². The molecule has 10 heteroatoms. The molecule has 8 nitrogen and oxygen atoms in total. The minimum absolute atomic E-state index is 0.152. The Morgan fingerprint density at radius 2 is 1.87 bits per heavy atom. The van der Waals surface area contributed by atoms with E-state index in [2.05, 4.69) is 10.3 Å². The van der Waals surface area contributed by atoms with Crippen LogP contribution in [0.4, 0.5) is 0 Å². The van der Waals surface area contributed by atoms with Gasteiger partial charge in [0, 0.05) is 19.3 Å². The Morgan fingerprint density at radius 3 is 2.55 bits per heavy atom. The van der Waals surface area contributed by atoms with E-state index in [1.54, 1.807) is 31.4 Å². The van der Waals surface area contributed by atoms with Gasteiger partial charge in [0.05, 0.1) is 24.4 Å². The number of nitrogens with zero attached hydrogens (tertiary/aromatic N) is 2. The van der Waals surface area contributed by atoms with Crippen molar-refractivity contribution in [1.29, 1.82) is 0 Å². The molecule has 1 aromatic heterocycles. The van der Waals surface area contributed by atoms with Crippen LogP contribution in [0.1, 0.15) is 19.3 Å². The van der Waals surface area contributed by atoms with E-state index in [9.17, 15) is 13.2 Å². The zero-order chi connectivity index (χ0) is 22.1. The molecule has 0 unspecified atom stereocenters. The van der Waals surface area contributed by atoms with Gasteiger partial charge >= 0.3 is 0 Å². The van der Waals surface area contributed by atoms with E-state index >= 15 is 0 Å². The van der Waals surface area contributed by atoms with Gasteiger partial charge in [-0.15, -0.1) is 0 Å². The highest BCUT2D eigenvalue weighted by molar-refractivity contribution is 7.99. The van der Waals surface area contributed by atoms with Crippen LogP contribution in [0, 0.1) is 0 Å². The lowest BCUT2D eigenvalue weighted by Gasteiger charge is -2.25. The number of ether oxygens (including phenoxy) is 2. The maximum Gasteiger partial charge on any atom is 0.244 e. The predicted octanol–water partition coefficient (Wildman–Crippen LogP) is 2.55. The van der Waals surface area contributed by atoms with E-state index in [4.69, 9.17) is 9.47 Å². The molecular weight excluding hydrogens is 438 g/mol. The molecular formula is C21H27N3O5S2. The smallest absolute Gasteiger partial charge is 0.244 e. The maximum atomic E-state index is 12.6. The van der Waals surface area contributed by atoms with Crippen molar-refractivity contribution in [2.24, 2.45) is 0 Å². The van der Waals surface area contributed by atoms with Crippen molar-refractivity contribution in [1.82, 2.24) is 14.6 Å². The molecule has 31 heavy (non-hydrogen) atoms. The highest BCUT2D eigenvalue weighted by Crippen LogP contribution is 2.25. The van der Waals surface area contributed by atoms with E-state index in [0.717, 1.165) is 19.3 Å². The molecule has 1 N–H and O–H groups in total. The summed E-state index contributed by atoms with van der Waals surface area (Å²) in [5.41, 5.74) is 0. The number of rotatable bonds is 10. The van der Waals surface area contributed by atoms with Gasteiger partial charge in [0.15, 0.2) is 11.5 Å². The van der Waals surface area contributed by atoms with Crippen LogP contribution < -0.4 is 14.8 Å². The van der Waals surface area contributed by atoms with Crippen LogP contribution in [0.5, 0.6) is 11.5 Å². The summed E-state index contributed by atoms with van der Waals surface area (Å²) in [6.07, 6.45) is 4.21. The van der Waals surface area contributed by atoms with E-state index in [1.165, 1.54) is 22.3 Å². The summed E-state index contributed by atoms with van der Waals surface area (Å²) >= 11 is 1.25. The monoisotopic (exact) mass is 465 g/mol. The third-order valence-electron chi connectivity index (χ3n) is 4.76. The molecule has 2 aromatic rings. The van der Waals surface area contributed by atoms with Crippen LogP contribution in [0.2, 0.25) is 0 Å². The fourth-order valence-electron chi connectivity index (χ4n) is 3.14. The third-order valence-corrected chi connectivity index (χ3v) is 7.59. The van der Waals surface area contributed by atoms with Gasteiger partial charge < -0.3 is 14.8 Å². The topological polar surface area (TPSA) is 97.8 Å². The third kappa shape index (κ3) is 6.59. The lowest BCUT2D eigenvalue weighted by atomic mass is 10.2.